The minimum atomic E-state index is 0.166. The Morgan fingerprint density at radius 3 is 2.13 bits per heavy atom. The van der Waals surface area contributed by atoms with Crippen molar-refractivity contribution in [2.24, 2.45) is 0 Å². The number of nitrogens with zero attached hydrogens (tertiary/aromatic N) is 1. The molecule has 0 saturated heterocycles. The van der Waals surface area contributed by atoms with Gasteiger partial charge >= 0.3 is 0 Å². The average Bonchev–Trinajstić information content (AvgIpc) is 2.76. The fraction of sp³-hybridized carbons (Fsp3) is 0.556. The summed E-state index contributed by atoms with van der Waals surface area (Å²) in [5, 5.41) is 0.332. The number of hydrogen-bond acceptors (Lipinski definition) is 1. The van der Waals surface area contributed by atoms with E-state index in [1.54, 1.807) is 0 Å². The Bertz CT molecular complexity index is 720. The van der Waals surface area contributed by atoms with E-state index in [1.165, 1.54) is 36.1 Å². The van der Waals surface area contributed by atoms with Crippen molar-refractivity contribution in [1.29, 1.82) is 0 Å². The van der Waals surface area contributed by atoms with Gasteiger partial charge in [0.15, 0.2) is 0 Å². The molecule has 3 atom stereocenters. The highest BCUT2D eigenvalue weighted by atomic mass is 35.5. The summed E-state index contributed by atoms with van der Waals surface area (Å²) in [5.74, 6) is 0.285. The maximum atomic E-state index is 6.60. The van der Waals surface area contributed by atoms with Crippen LogP contribution in [0.15, 0.2) is 54.6 Å². The summed E-state index contributed by atoms with van der Waals surface area (Å²) < 4.78 is 0. The van der Waals surface area contributed by atoms with Gasteiger partial charge in [-0.05, 0) is 68.7 Å². The van der Waals surface area contributed by atoms with Crippen LogP contribution in [0.1, 0.15) is 68.6 Å². The van der Waals surface area contributed by atoms with Crippen LogP contribution in [0, 0.1) is 0 Å². The van der Waals surface area contributed by atoms with Crippen LogP contribution in [0.25, 0.3) is 0 Å². The van der Waals surface area contributed by atoms with Crippen LogP contribution in [0.3, 0.4) is 0 Å². The van der Waals surface area contributed by atoms with Crippen molar-refractivity contribution in [2.45, 2.75) is 81.5 Å². The van der Waals surface area contributed by atoms with Crippen LogP contribution in [-0.4, -0.2) is 34.8 Å². The molecule has 0 radical (unpaired) electrons. The second kappa shape index (κ2) is 12.1. The minimum Gasteiger partial charge on any atom is -0.300 e. The highest BCUT2D eigenvalue weighted by molar-refractivity contribution is 6.24. The lowest BCUT2D eigenvalue weighted by atomic mass is 9.83. The zero-order valence-corrected chi connectivity index (χ0v) is 20.1. The molecule has 2 aromatic rings. The standard InChI is InChI=1S/C27H37Cl2N/c1-3-19-30(20-18-22-8-5-4-6-9-22)21(2)12-13-23-14-16-24(17-15-23)27-25(28)10-7-11-26(27)29/h4-6,8-9,14-17,21,25-27H,3,7,10-13,18-20H2,1-2H3. The third-order valence-corrected chi connectivity index (χ3v) is 7.60. The third kappa shape index (κ3) is 6.74. The first-order valence-electron chi connectivity index (χ1n) is 11.7. The molecule has 3 heteroatoms. The lowest BCUT2D eigenvalue weighted by molar-refractivity contribution is 0.202. The fourth-order valence-electron chi connectivity index (χ4n) is 4.73. The van der Waals surface area contributed by atoms with Crippen LogP contribution in [0.5, 0.6) is 0 Å². The van der Waals surface area contributed by atoms with Gasteiger partial charge in [-0.2, -0.15) is 0 Å². The monoisotopic (exact) mass is 445 g/mol. The van der Waals surface area contributed by atoms with Gasteiger partial charge in [0.1, 0.15) is 0 Å². The molecule has 164 valence electrons. The zero-order chi connectivity index (χ0) is 21.3. The Kier molecular flexibility index (Phi) is 9.56. The Morgan fingerprint density at radius 1 is 0.867 bits per heavy atom. The van der Waals surface area contributed by atoms with Crippen LogP contribution >= 0.6 is 23.2 Å². The van der Waals surface area contributed by atoms with Crippen LogP contribution in [-0.2, 0) is 12.8 Å². The molecule has 1 nitrogen and oxygen atoms in total. The molecule has 0 aromatic heterocycles. The first kappa shape index (κ1) is 23.6. The van der Waals surface area contributed by atoms with E-state index in [0.29, 0.717) is 6.04 Å². The van der Waals surface area contributed by atoms with Crippen molar-refractivity contribution in [3.8, 4) is 0 Å². The topological polar surface area (TPSA) is 3.24 Å². The van der Waals surface area contributed by atoms with Gasteiger partial charge in [-0.1, -0.05) is 67.9 Å². The first-order valence-corrected chi connectivity index (χ1v) is 12.6. The van der Waals surface area contributed by atoms with E-state index in [4.69, 9.17) is 23.2 Å². The van der Waals surface area contributed by atoms with Crippen molar-refractivity contribution < 1.29 is 0 Å². The average molecular weight is 447 g/mol. The van der Waals surface area contributed by atoms with Crippen molar-refractivity contribution >= 4 is 23.2 Å². The van der Waals surface area contributed by atoms with E-state index < -0.39 is 0 Å². The van der Waals surface area contributed by atoms with Gasteiger partial charge in [-0.15, -0.1) is 23.2 Å². The molecular formula is C27H37Cl2N. The summed E-state index contributed by atoms with van der Waals surface area (Å²) in [4.78, 5) is 2.65. The molecule has 1 aliphatic rings. The van der Waals surface area contributed by atoms with Gasteiger partial charge in [0.2, 0.25) is 0 Å². The lowest BCUT2D eigenvalue weighted by Crippen LogP contribution is -2.35. The summed E-state index contributed by atoms with van der Waals surface area (Å²) in [6, 6.07) is 20.5. The Hall–Kier alpha value is -1.02. The van der Waals surface area contributed by atoms with Gasteiger partial charge in [-0.25, -0.2) is 0 Å². The molecule has 30 heavy (non-hydrogen) atoms. The number of benzene rings is 2. The number of alkyl halides is 2. The van der Waals surface area contributed by atoms with E-state index in [9.17, 15) is 0 Å². The lowest BCUT2D eigenvalue weighted by Gasteiger charge is -2.32. The normalized spacial score (nSPS) is 22.9. The first-order chi connectivity index (χ1) is 14.6. The van der Waals surface area contributed by atoms with E-state index >= 15 is 0 Å². The SMILES string of the molecule is CCCN(CCc1ccccc1)C(C)CCc1ccc(C2C(Cl)CCCC2Cl)cc1. The molecule has 0 aliphatic heterocycles. The molecular weight excluding hydrogens is 409 g/mol. The molecule has 0 amide bonds. The second-order valence-corrected chi connectivity index (χ2v) is 10.0. The summed E-state index contributed by atoms with van der Waals surface area (Å²) in [5.41, 5.74) is 4.15. The predicted molar refractivity (Wildman–Crippen MR) is 132 cm³/mol. The van der Waals surface area contributed by atoms with E-state index in [2.05, 4.69) is 73.3 Å². The van der Waals surface area contributed by atoms with E-state index in [1.807, 2.05) is 0 Å². The quantitative estimate of drug-likeness (QED) is 0.343. The summed E-state index contributed by atoms with van der Waals surface area (Å²) in [6.07, 6.45) is 7.93. The van der Waals surface area contributed by atoms with E-state index in [0.717, 1.165) is 38.6 Å². The molecule has 3 rings (SSSR count). The molecule has 2 aromatic carbocycles. The van der Waals surface area contributed by atoms with Gasteiger partial charge in [-0.3, -0.25) is 0 Å². The second-order valence-electron chi connectivity index (χ2n) is 8.89. The van der Waals surface area contributed by atoms with Crippen LogP contribution < -0.4 is 0 Å². The smallest absolute Gasteiger partial charge is 0.0418 e. The molecule has 1 saturated carbocycles. The maximum Gasteiger partial charge on any atom is 0.0418 e. The Labute approximate surface area is 193 Å². The molecule has 0 spiro atoms. The minimum absolute atomic E-state index is 0.166. The molecule has 1 aliphatic carbocycles. The molecule has 1 fully saturated rings. The fourth-order valence-corrected chi connectivity index (χ4v) is 5.76. The number of aryl methyl sites for hydroxylation is 1. The third-order valence-electron chi connectivity index (χ3n) is 6.62. The highest BCUT2D eigenvalue weighted by Gasteiger charge is 2.32. The molecule has 3 unspecified atom stereocenters. The number of halogens is 2. The van der Waals surface area contributed by atoms with E-state index in [-0.39, 0.29) is 16.7 Å². The van der Waals surface area contributed by atoms with Gasteiger partial charge in [0.25, 0.3) is 0 Å². The highest BCUT2D eigenvalue weighted by Crippen LogP contribution is 2.39. The number of hydrogen-bond donors (Lipinski definition) is 0. The van der Waals surface area contributed by atoms with Crippen molar-refractivity contribution in [1.82, 2.24) is 4.90 Å². The van der Waals surface area contributed by atoms with Crippen LogP contribution in [0.4, 0.5) is 0 Å². The van der Waals surface area contributed by atoms with Crippen LogP contribution in [0.2, 0.25) is 0 Å². The van der Waals surface area contributed by atoms with Crippen molar-refractivity contribution in [3.05, 3.63) is 71.3 Å². The predicted octanol–water partition coefficient (Wildman–Crippen LogP) is 7.44. The largest absolute Gasteiger partial charge is 0.300 e. The molecule has 0 bridgehead atoms. The van der Waals surface area contributed by atoms with Crippen molar-refractivity contribution in [3.63, 3.8) is 0 Å². The number of rotatable bonds is 10. The maximum absolute atomic E-state index is 6.60. The molecule has 0 N–H and O–H groups in total. The zero-order valence-electron chi connectivity index (χ0n) is 18.6. The van der Waals surface area contributed by atoms with Gasteiger partial charge < -0.3 is 4.90 Å². The molecule has 0 heterocycles. The van der Waals surface area contributed by atoms with Gasteiger partial charge in [0.05, 0.1) is 0 Å². The Morgan fingerprint density at radius 2 is 1.50 bits per heavy atom. The van der Waals surface area contributed by atoms with Crippen molar-refractivity contribution in [2.75, 3.05) is 13.1 Å². The summed E-state index contributed by atoms with van der Waals surface area (Å²) in [6.45, 7) is 6.96. The Balaban J connectivity index is 1.52. The summed E-state index contributed by atoms with van der Waals surface area (Å²) >= 11 is 13.2. The van der Waals surface area contributed by atoms with Gasteiger partial charge in [0, 0.05) is 29.3 Å². The summed E-state index contributed by atoms with van der Waals surface area (Å²) in [7, 11) is 0.